The molecule has 0 bridgehead atoms. The van der Waals surface area contributed by atoms with E-state index in [1.807, 2.05) is 19.1 Å². The van der Waals surface area contributed by atoms with Crippen LogP contribution in [0.3, 0.4) is 0 Å². The van der Waals surface area contributed by atoms with Gasteiger partial charge in [0.15, 0.2) is 0 Å². The minimum Gasteiger partial charge on any atom is -0.347 e. The van der Waals surface area contributed by atoms with Crippen LogP contribution in [0.4, 0.5) is 0 Å². The predicted molar refractivity (Wildman–Crippen MR) is 58.8 cm³/mol. The number of hydrogen-bond donors (Lipinski definition) is 1. The Kier molecular flexibility index (Phi) is 3.85. The van der Waals surface area contributed by atoms with Crippen LogP contribution in [0.1, 0.15) is 17.4 Å². The van der Waals surface area contributed by atoms with E-state index in [-0.39, 0.29) is 11.5 Å². The molecule has 4 nitrogen and oxygen atoms in total. The molecule has 0 radical (unpaired) electrons. The van der Waals surface area contributed by atoms with Crippen LogP contribution >= 0.6 is 0 Å². The van der Waals surface area contributed by atoms with Gasteiger partial charge in [0.25, 0.3) is 11.5 Å². The van der Waals surface area contributed by atoms with Crippen molar-refractivity contribution in [1.82, 2.24) is 9.88 Å². The third kappa shape index (κ3) is 2.80. The number of allylic oxidation sites excluding steroid dienone is 1. The summed E-state index contributed by atoms with van der Waals surface area (Å²) in [4.78, 5) is 22.8. The molecule has 0 aliphatic heterocycles. The number of carbonyl (C=O) groups is 1. The molecule has 0 fully saturated rings. The van der Waals surface area contributed by atoms with Gasteiger partial charge in [-0.15, -0.1) is 0 Å². The second-order valence-corrected chi connectivity index (χ2v) is 3.09. The molecule has 1 amide bonds. The summed E-state index contributed by atoms with van der Waals surface area (Å²) < 4.78 is 1.32. The summed E-state index contributed by atoms with van der Waals surface area (Å²) in [5, 5.41) is 2.68. The first kappa shape index (κ1) is 11.2. The van der Waals surface area contributed by atoms with Crippen molar-refractivity contribution < 1.29 is 4.79 Å². The molecule has 4 heteroatoms. The first-order chi connectivity index (χ1) is 7.16. The highest BCUT2D eigenvalue weighted by molar-refractivity contribution is 5.92. The van der Waals surface area contributed by atoms with Crippen molar-refractivity contribution in [2.45, 2.75) is 6.92 Å². The Balaban J connectivity index is 2.83. The molecule has 0 aliphatic carbocycles. The number of nitrogens with zero attached hydrogens (tertiary/aromatic N) is 1. The van der Waals surface area contributed by atoms with Gasteiger partial charge < -0.3 is 9.88 Å². The van der Waals surface area contributed by atoms with E-state index in [1.54, 1.807) is 19.2 Å². The zero-order chi connectivity index (χ0) is 11.3. The minimum absolute atomic E-state index is 0.186. The van der Waals surface area contributed by atoms with E-state index in [9.17, 15) is 9.59 Å². The largest absolute Gasteiger partial charge is 0.347 e. The normalized spacial score (nSPS) is 10.5. The number of rotatable bonds is 3. The van der Waals surface area contributed by atoms with Crippen LogP contribution in [0, 0.1) is 0 Å². The quantitative estimate of drug-likeness (QED) is 0.740. The fourth-order valence-corrected chi connectivity index (χ4v) is 1.15. The first-order valence-electron chi connectivity index (χ1n) is 4.72. The third-order valence-corrected chi connectivity index (χ3v) is 2.03. The van der Waals surface area contributed by atoms with Crippen LogP contribution in [0.2, 0.25) is 0 Å². The molecule has 0 saturated carbocycles. The Bertz CT molecular complexity index is 432. The number of aromatic nitrogens is 1. The van der Waals surface area contributed by atoms with E-state index in [0.717, 1.165) is 0 Å². The molecule has 1 rings (SSSR count). The lowest BCUT2D eigenvalue weighted by atomic mass is 10.3. The Morgan fingerprint density at radius 3 is 2.93 bits per heavy atom. The minimum atomic E-state index is -0.242. The molecule has 1 heterocycles. The summed E-state index contributed by atoms with van der Waals surface area (Å²) >= 11 is 0. The first-order valence-corrected chi connectivity index (χ1v) is 4.72. The average molecular weight is 206 g/mol. The van der Waals surface area contributed by atoms with Gasteiger partial charge in [0, 0.05) is 19.7 Å². The topological polar surface area (TPSA) is 51.1 Å². The van der Waals surface area contributed by atoms with Crippen LogP contribution in [0.15, 0.2) is 35.1 Å². The third-order valence-electron chi connectivity index (χ3n) is 2.03. The van der Waals surface area contributed by atoms with E-state index in [2.05, 4.69) is 5.32 Å². The molecule has 1 aromatic heterocycles. The molecular weight excluding hydrogens is 192 g/mol. The van der Waals surface area contributed by atoms with Gasteiger partial charge in [-0.05, 0) is 13.0 Å². The number of amides is 1. The van der Waals surface area contributed by atoms with E-state index in [1.165, 1.54) is 10.6 Å². The molecule has 0 spiro atoms. The van der Waals surface area contributed by atoms with Gasteiger partial charge in [-0.25, -0.2) is 0 Å². The van der Waals surface area contributed by atoms with Gasteiger partial charge in [-0.1, -0.05) is 18.2 Å². The summed E-state index contributed by atoms with van der Waals surface area (Å²) in [5.74, 6) is -0.242. The van der Waals surface area contributed by atoms with Crippen molar-refractivity contribution in [1.29, 1.82) is 0 Å². The number of nitrogens with one attached hydrogen (secondary N) is 1. The second-order valence-electron chi connectivity index (χ2n) is 3.09. The predicted octanol–water partition coefficient (Wildman–Crippen LogP) is 0.691. The number of hydrogen-bond acceptors (Lipinski definition) is 2. The Hall–Kier alpha value is -1.84. The monoisotopic (exact) mass is 206 g/mol. The number of carbonyl (C=O) groups excluding carboxylic acids is 1. The number of pyridine rings is 1. The lowest BCUT2D eigenvalue weighted by Gasteiger charge is -2.06. The highest BCUT2D eigenvalue weighted by atomic mass is 16.2. The van der Waals surface area contributed by atoms with Crippen LogP contribution in [0.5, 0.6) is 0 Å². The molecule has 0 unspecified atom stereocenters. The molecule has 0 aliphatic rings. The maximum Gasteiger partial charge on any atom is 0.268 e. The fourth-order valence-electron chi connectivity index (χ4n) is 1.15. The fraction of sp³-hybridized carbons (Fsp3) is 0.273. The van der Waals surface area contributed by atoms with Gasteiger partial charge >= 0.3 is 0 Å². The van der Waals surface area contributed by atoms with Gasteiger partial charge in [-0.2, -0.15) is 0 Å². The van der Waals surface area contributed by atoms with Gasteiger partial charge in [0.2, 0.25) is 0 Å². The van der Waals surface area contributed by atoms with Crippen molar-refractivity contribution in [3.8, 4) is 0 Å². The van der Waals surface area contributed by atoms with Crippen LogP contribution in [-0.4, -0.2) is 17.0 Å². The van der Waals surface area contributed by atoms with E-state index in [4.69, 9.17) is 0 Å². The summed E-state index contributed by atoms with van der Waals surface area (Å²) in [5.41, 5.74) is 0.181. The molecular formula is C11H14N2O2. The van der Waals surface area contributed by atoms with Crippen LogP contribution < -0.4 is 10.9 Å². The molecule has 0 aromatic carbocycles. The highest BCUT2D eigenvalue weighted by Crippen LogP contribution is 1.93. The molecule has 15 heavy (non-hydrogen) atoms. The lowest BCUT2D eigenvalue weighted by molar-refractivity contribution is 0.0948. The summed E-state index contributed by atoms with van der Waals surface area (Å²) in [7, 11) is 1.58. The van der Waals surface area contributed by atoms with Gasteiger partial charge in [0.1, 0.15) is 5.69 Å². The maximum absolute atomic E-state index is 11.6. The summed E-state index contributed by atoms with van der Waals surface area (Å²) in [6.45, 7) is 2.35. The molecule has 1 N–H and O–H groups in total. The smallest absolute Gasteiger partial charge is 0.268 e. The maximum atomic E-state index is 11.6. The van der Waals surface area contributed by atoms with Crippen molar-refractivity contribution >= 4 is 5.91 Å². The molecule has 0 saturated heterocycles. The molecule has 80 valence electrons. The zero-order valence-corrected chi connectivity index (χ0v) is 8.86. The zero-order valence-electron chi connectivity index (χ0n) is 8.86. The van der Waals surface area contributed by atoms with Crippen LogP contribution in [-0.2, 0) is 7.05 Å². The standard InChI is InChI=1S/C11H14N2O2/c1-3-4-8-12-11(15)9-6-5-7-10(14)13(9)2/h3-7H,8H2,1-2H3,(H,12,15)/b4-3+. The van der Waals surface area contributed by atoms with Crippen LogP contribution in [0.25, 0.3) is 0 Å². The highest BCUT2D eigenvalue weighted by Gasteiger charge is 2.07. The summed E-state index contributed by atoms with van der Waals surface area (Å²) in [6, 6.07) is 4.61. The van der Waals surface area contributed by atoms with E-state index >= 15 is 0 Å². The van der Waals surface area contributed by atoms with Crippen molar-refractivity contribution in [2.75, 3.05) is 6.54 Å². The van der Waals surface area contributed by atoms with Gasteiger partial charge in [0.05, 0.1) is 0 Å². The molecule has 1 aromatic rings. The summed E-state index contributed by atoms with van der Waals surface area (Å²) in [6.07, 6.45) is 3.68. The van der Waals surface area contributed by atoms with Crippen molar-refractivity contribution in [3.63, 3.8) is 0 Å². The SMILES string of the molecule is C/C=C/CNC(=O)c1cccc(=O)n1C. The Morgan fingerprint density at radius 1 is 1.53 bits per heavy atom. The lowest BCUT2D eigenvalue weighted by Crippen LogP contribution is -2.30. The van der Waals surface area contributed by atoms with E-state index < -0.39 is 0 Å². The Morgan fingerprint density at radius 2 is 2.27 bits per heavy atom. The van der Waals surface area contributed by atoms with Gasteiger partial charge in [-0.3, -0.25) is 9.59 Å². The van der Waals surface area contributed by atoms with E-state index in [0.29, 0.717) is 12.2 Å². The molecule has 0 atom stereocenters. The van der Waals surface area contributed by atoms with Crippen molar-refractivity contribution in [3.05, 3.63) is 46.4 Å². The second kappa shape index (κ2) is 5.14. The average Bonchev–Trinajstić information content (AvgIpc) is 2.22. The Labute approximate surface area is 88.2 Å². The van der Waals surface area contributed by atoms with Crippen molar-refractivity contribution in [2.24, 2.45) is 7.05 Å².